The summed E-state index contributed by atoms with van der Waals surface area (Å²) in [4.78, 5) is 39.7. The highest BCUT2D eigenvalue weighted by atomic mass is 32.1. The van der Waals surface area contributed by atoms with Crippen molar-refractivity contribution in [2.45, 2.75) is 151 Å². The molecule has 12 heteroatoms. The van der Waals surface area contributed by atoms with E-state index in [1.807, 2.05) is 0 Å². The number of hydrogen-bond acceptors (Lipinski definition) is 6. The van der Waals surface area contributed by atoms with Crippen LogP contribution in [0, 0.1) is 47.3 Å². The number of nitrogens with one attached hydrogen (secondary N) is 3. The lowest BCUT2D eigenvalue weighted by Gasteiger charge is -2.54. The molecule has 3 saturated heterocycles. The second kappa shape index (κ2) is 19.1. The molecule has 10 nitrogen and oxygen atoms in total. The van der Waals surface area contributed by atoms with Gasteiger partial charge in [-0.1, -0.05) is 97.2 Å². The lowest BCUT2D eigenvalue weighted by atomic mass is 9.54. The average Bonchev–Trinajstić information content (AvgIpc) is 3.83. The molecule has 8 saturated carbocycles. The van der Waals surface area contributed by atoms with Crippen molar-refractivity contribution in [1.82, 2.24) is 40.4 Å². The highest BCUT2D eigenvalue weighted by Gasteiger charge is 2.55. The van der Waals surface area contributed by atoms with Crippen molar-refractivity contribution in [2.75, 3.05) is 60.4 Å². The van der Waals surface area contributed by atoms with Crippen LogP contribution >= 0.6 is 24.4 Å². The van der Waals surface area contributed by atoms with Crippen molar-refractivity contribution in [2.24, 2.45) is 47.3 Å². The normalized spacial score (nSPS) is 34.2. The Balaban J connectivity index is 0.000000113. The van der Waals surface area contributed by atoms with Gasteiger partial charge in [-0.05, 0) is 206 Å². The van der Waals surface area contributed by atoms with Crippen LogP contribution in [0.1, 0.15) is 150 Å². The number of urea groups is 2. The van der Waals surface area contributed by atoms with Crippen LogP contribution in [-0.4, -0.2) is 119 Å². The van der Waals surface area contributed by atoms with Crippen molar-refractivity contribution >= 4 is 46.5 Å². The Morgan fingerprint density at radius 3 is 1.24 bits per heavy atom. The van der Waals surface area contributed by atoms with Gasteiger partial charge in [0.25, 0.3) is 0 Å². The standard InChI is InChI=1S/C26H37N3O.C24H31N3OS.C13H16N2S/c1-25(2)21-6-4-5-7-22(21)26(28(25)3)8-10-29(11-9-26)24(30)27-23-19-13-17-12-18(15-19)16-20(23)14-17;1-26-22(29)19-4-2-3-5-20(19)24(26)6-8-27(9-7-24)23(28)25-21-17-11-15-10-16(13-17)14-18(21)12-15;1-15-12(16)10-4-2-3-5-11(10)13(15)6-8-14-9-7-13/h4-7,17-20,23H,8-16H2,1-3H3,(H,27,30);2-5,15-18,21H,6-14H2,1H3,(H,25,28);2-5,14H,6-9H2,1H3. The van der Waals surface area contributed by atoms with Crippen LogP contribution in [0.3, 0.4) is 0 Å². The molecule has 3 spiro atoms. The zero-order valence-corrected chi connectivity index (χ0v) is 47.3. The number of rotatable bonds is 2. The Hall–Kier alpha value is -4.10. The van der Waals surface area contributed by atoms with Crippen LogP contribution in [0.5, 0.6) is 0 Å². The number of thiocarbonyl (C=S) groups is 2. The lowest BCUT2D eigenvalue weighted by molar-refractivity contribution is -0.0157. The summed E-state index contributed by atoms with van der Waals surface area (Å²) >= 11 is 11.3. The van der Waals surface area contributed by atoms with Gasteiger partial charge in [-0.2, -0.15) is 0 Å². The van der Waals surface area contributed by atoms with Crippen molar-refractivity contribution < 1.29 is 9.59 Å². The Kier molecular flexibility index (Phi) is 12.8. The average molecular weight is 1050 g/mol. The molecule has 8 aliphatic carbocycles. The van der Waals surface area contributed by atoms with E-state index in [2.05, 4.69) is 148 Å². The van der Waals surface area contributed by atoms with Crippen molar-refractivity contribution in [3.63, 3.8) is 0 Å². The first-order valence-corrected chi connectivity index (χ1v) is 30.4. The van der Waals surface area contributed by atoms with Gasteiger partial charge in [-0.15, -0.1) is 0 Å². The number of piperidine rings is 3. The minimum absolute atomic E-state index is 0.0346. The minimum Gasteiger partial charge on any atom is -0.355 e. The third kappa shape index (κ3) is 8.15. The highest BCUT2D eigenvalue weighted by Crippen LogP contribution is 2.57. The number of fused-ring (bicyclic) bond motifs is 6. The first kappa shape index (κ1) is 50.4. The number of nitrogens with zero attached hydrogens (tertiary/aromatic N) is 5. The van der Waals surface area contributed by atoms with Crippen LogP contribution in [0.4, 0.5) is 9.59 Å². The fraction of sp³-hybridized carbons (Fsp3) is 0.651. The predicted molar refractivity (Wildman–Crippen MR) is 307 cm³/mol. The van der Waals surface area contributed by atoms with Gasteiger partial charge in [0, 0.05) is 69.0 Å². The van der Waals surface area contributed by atoms with Crippen LogP contribution in [0.15, 0.2) is 72.8 Å². The molecule has 0 unspecified atom stereocenters. The zero-order valence-electron chi connectivity index (χ0n) is 45.6. The van der Waals surface area contributed by atoms with Crippen LogP contribution in [0.2, 0.25) is 0 Å². The van der Waals surface area contributed by atoms with Crippen LogP contribution in [-0.2, 0) is 22.2 Å². The van der Waals surface area contributed by atoms with Gasteiger partial charge < -0.3 is 35.6 Å². The molecule has 400 valence electrons. The summed E-state index contributed by atoms with van der Waals surface area (Å²) in [6.45, 7) is 10.2. The first-order chi connectivity index (χ1) is 36.2. The van der Waals surface area contributed by atoms with E-state index in [0.717, 1.165) is 135 Å². The molecule has 3 aromatic carbocycles. The number of carbonyl (C=O) groups excluding carboxylic acids is 2. The largest absolute Gasteiger partial charge is 0.355 e. The molecule has 6 heterocycles. The van der Waals surface area contributed by atoms with Gasteiger partial charge in [0.05, 0.1) is 16.6 Å². The number of hydrogen-bond donors (Lipinski definition) is 3. The molecule has 6 aliphatic heterocycles. The quantitative estimate of drug-likeness (QED) is 0.219. The molecule has 14 aliphatic rings. The predicted octanol–water partition coefficient (Wildman–Crippen LogP) is 10.7. The van der Waals surface area contributed by atoms with E-state index in [1.54, 1.807) is 0 Å². The molecule has 75 heavy (non-hydrogen) atoms. The summed E-state index contributed by atoms with van der Waals surface area (Å²) in [7, 11) is 6.56. The van der Waals surface area contributed by atoms with Crippen molar-refractivity contribution in [1.29, 1.82) is 0 Å². The maximum Gasteiger partial charge on any atom is 0.317 e. The molecule has 8 bridgehead atoms. The molecule has 0 aromatic heterocycles. The topological polar surface area (TPSA) is 86.4 Å². The van der Waals surface area contributed by atoms with Crippen LogP contribution in [0.25, 0.3) is 0 Å². The summed E-state index contributed by atoms with van der Waals surface area (Å²) in [6, 6.07) is 27.4. The Morgan fingerprint density at radius 1 is 0.480 bits per heavy atom. The fourth-order valence-corrected chi connectivity index (χ4v) is 19.9. The minimum atomic E-state index is -0.0346. The van der Waals surface area contributed by atoms with Gasteiger partial charge >= 0.3 is 12.1 Å². The lowest BCUT2D eigenvalue weighted by Crippen LogP contribution is -2.60. The second-order valence-electron chi connectivity index (χ2n) is 26.6. The number of carbonyl (C=O) groups is 2. The van der Waals surface area contributed by atoms with E-state index in [4.69, 9.17) is 24.4 Å². The van der Waals surface area contributed by atoms with E-state index in [1.165, 1.54) is 97.6 Å². The Labute approximate surface area is 458 Å². The van der Waals surface area contributed by atoms with E-state index >= 15 is 0 Å². The summed E-state index contributed by atoms with van der Waals surface area (Å²) in [6.07, 6.45) is 20.0. The molecule has 11 fully saturated rings. The van der Waals surface area contributed by atoms with Crippen molar-refractivity contribution in [3.05, 3.63) is 106 Å². The SMILES string of the molecule is CN1C(=S)c2ccccc2C12CCN(C(=O)NC1C3CC4CC(C3)CC1C4)CC2.CN1C(=S)c2ccccc2C12CCNCC2.CN1C(C)(C)c2ccccc2C12CCN(C(=O)NC1C3CC4CC(C3)CC1C4)CC2. The van der Waals surface area contributed by atoms with E-state index in [-0.39, 0.29) is 34.2 Å². The van der Waals surface area contributed by atoms with Gasteiger partial charge in [-0.3, -0.25) is 4.90 Å². The van der Waals surface area contributed by atoms with Crippen LogP contribution < -0.4 is 16.0 Å². The summed E-state index contributed by atoms with van der Waals surface area (Å²) in [5.74, 6) is 6.76. The van der Waals surface area contributed by atoms with Gasteiger partial charge in [0.2, 0.25) is 0 Å². The zero-order chi connectivity index (χ0) is 51.6. The monoisotopic (exact) mass is 1050 g/mol. The summed E-state index contributed by atoms with van der Waals surface area (Å²) in [5.41, 5.74) is 8.45. The molecule has 0 atom stereocenters. The Morgan fingerprint density at radius 2 is 0.827 bits per heavy atom. The summed E-state index contributed by atoms with van der Waals surface area (Å²) < 4.78 is 0. The molecular weight excluding hydrogens is 965 g/mol. The smallest absolute Gasteiger partial charge is 0.317 e. The van der Waals surface area contributed by atoms with E-state index in [9.17, 15) is 9.59 Å². The number of benzene rings is 3. The first-order valence-electron chi connectivity index (χ1n) is 29.6. The van der Waals surface area contributed by atoms with Gasteiger partial charge in [0.1, 0.15) is 9.98 Å². The van der Waals surface area contributed by atoms with E-state index in [0.29, 0.717) is 12.1 Å². The molecule has 3 N–H and O–H groups in total. The third-order valence-corrected chi connectivity index (χ3v) is 24.0. The van der Waals surface area contributed by atoms with E-state index < -0.39 is 0 Å². The summed E-state index contributed by atoms with van der Waals surface area (Å²) in [5, 5.41) is 10.5. The molecular formula is C63H84N8O2S2. The van der Waals surface area contributed by atoms with Gasteiger partial charge in [-0.25, -0.2) is 9.59 Å². The number of likely N-dealkylation sites (tertiary alicyclic amines) is 2. The highest BCUT2D eigenvalue weighted by molar-refractivity contribution is 7.81. The molecule has 0 radical (unpaired) electrons. The number of amides is 4. The van der Waals surface area contributed by atoms with Gasteiger partial charge in [0.15, 0.2) is 0 Å². The molecule has 17 rings (SSSR count). The maximum absolute atomic E-state index is 13.2. The third-order valence-electron chi connectivity index (χ3n) is 23.0. The molecule has 3 aromatic rings. The van der Waals surface area contributed by atoms with Crippen molar-refractivity contribution in [3.8, 4) is 0 Å². The second-order valence-corrected chi connectivity index (χ2v) is 27.4. The fourth-order valence-electron chi connectivity index (χ4n) is 19.2. The maximum atomic E-state index is 13.2. The molecule has 4 amide bonds. The Bertz CT molecular complexity index is 2660.